The van der Waals surface area contributed by atoms with Crippen molar-refractivity contribution in [3.8, 4) is 0 Å². The molecule has 0 bridgehead atoms. The molecule has 0 spiro atoms. The van der Waals surface area contributed by atoms with Crippen molar-refractivity contribution < 1.29 is 24.2 Å². The normalized spacial score (nSPS) is 23.5. The van der Waals surface area contributed by atoms with Crippen molar-refractivity contribution in [3.05, 3.63) is 23.9 Å². The van der Waals surface area contributed by atoms with Gasteiger partial charge < -0.3 is 19.6 Å². The van der Waals surface area contributed by atoms with Crippen molar-refractivity contribution in [1.82, 2.24) is 24.9 Å². The predicted octanol–water partition coefficient (Wildman–Crippen LogP) is 2.22. The van der Waals surface area contributed by atoms with Crippen molar-refractivity contribution in [2.24, 2.45) is 13.0 Å². The van der Waals surface area contributed by atoms with E-state index in [0.29, 0.717) is 31.8 Å². The molecule has 4 heterocycles. The molecule has 2 aromatic rings. The summed E-state index contributed by atoms with van der Waals surface area (Å²) in [5.41, 5.74) is 2.32. The maximum Gasteiger partial charge on any atom is 0.410 e. The van der Waals surface area contributed by atoms with Crippen LogP contribution >= 0.6 is 0 Å². The Balaban J connectivity index is 1.21. The van der Waals surface area contributed by atoms with Crippen LogP contribution in [-0.2, 0) is 21.4 Å². The summed E-state index contributed by atoms with van der Waals surface area (Å²) >= 11 is 0. The smallest absolute Gasteiger partial charge is 0.410 e. The molecule has 3 saturated heterocycles. The summed E-state index contributed by atoms with van der Waals surface area (Å²) < 4.78 is 7.42. The van der Waals surface area contributed by atoms with E-state index in [-0.39, 0.29) is 30.6 Å². The number of fused-ring (bicyclic) bond motifs is 1. The first-order valence-electron chi connectivity index (χ1n) is 14.4. The number of ether oxygens (including phenoxy) is 1. The summed E-state index contributed by atoms with van der Waals surface area (Å²) in [6, 6.07) is 5.91. The van der Waals surface area contributed by atoms with Gasteiger partial charge in [0.15, 0.2) is 0 Å². The lowest BCUT2D eigenvalue weighted by Gasteiger charge is -2.43. The second-order valence-electron chi connectivity index (χ2n) is 12.4. The van der Waals surface area contributed by atoms with Gasteiger partial charge in [-0.25, -0.2) is 4.79 Å². The molecule has 0 saturated carbocycles. The zero-order chi connectivity index (χ0) is 28.6. The average molecular weight is 555 g/mol. The Kier molecular flexibility index (Phi) is 8.05. The zero-order valence-electron chi connectivity index (χ0n) is 24.1. The zero-order valence-corrected chi connectivity index (χ0v) is 24.1. The van der Waals surface area contributed by atoms with Crippen LogP contribution in [0.25, 0.3) is 10.9 Å². The van der Waals surface area contributed by atoms with E-state index in [0.717, 1.165) is 61.3 Å². The van der Waals surface area contributed by atoms with Gasteiger partial charge in [-0.05, 0) is 52.0 Å². The number of piperidine rings is 2. The van der Waals surface area contributed by atoms with Gasteiger partial charge in [-0.1, -0.05) is 12.1 Å². The molecule has 1 aromatic carbocycles. The standard InChI is InChI=1S/C29H42N6O5/c1-29(2,3)40-28(39)35-15-14-33(17-20(35)18-36)16-19-10-12-34(13-11-19)23-7-5-6-21-25(31-32(4)26(21)23)22-8-9-24(37)30-27(22)38/h5-7,19-20,22,36H,8-18H2,1-4H3,(H,30,37,38)/t20-,22?/m0/s1. The summed E-state index contributed by atoms with van der Waals surface area (Å²) in [5, 5.41) is 18.2. The molecular formula is C29H42N6O5. The molecule has 0 radical (unpaired) electrons. The number of aromatic nitrogens is 2. The highest BCUT2D eigenvalue weighted by Crippen LogP contribution is 2.36. The number of hydrogen-bond acceptors (Lipinski definition) is 8. The third-order valence-electron chi connectivity index (χ3n) is 8.32. The lowest BCUT2D eigenvalue weighted by atomic mass is 9.92. The number of rotatable bonds is 5. The van der Waals surface area contributed by atoms with Crippen LogP contribution in [0.2, 0.25) is 0 Å². The Hall–Kier alpha value is -3.18. The molecule has 11 nitrogen and oxygen atoms in total. The summed E-state index contributed by atoms with van der Waals surface area (Å²) in [6.45, 7) is 10.2. The third-order valence-corrected chi connectivity index (χ3v) is 8.32. The van der Waals surface area contributed by atoms with Crippen LogP contribution in [0.15, 0.2) is 18.2 Å². The summed E-state index contributed by atoms with van der Waals surface area (Å²) in [5.74, 6) is -0.367. The number of piperazine rings is 1. The monoisotopic (exact) mass is 554 g/mol. The van der Waals surface area contributed by atoms with E-state index in [1.54, 1.807) is 4.90 Å². The highest BCUT2D eigenvalue weighted by molar-refractivity contribution is 6.03. The largest absolute Gasteiger partial charge is 0.444 e. The molecule has 11 heteroatoms. The van der Waals surface area contributed by atoms with Crippen molar-refractivity contribution in [3.63, 3.8) is 0 Å². The number of anilines is 1. The Morgan fingerprint density at radius 2 is 1.88 bits per heavy atom. The number of hydrogen-bond donors (Lipinski definition) is 2. The van der Waals surface area contributed by atoms with Gasteiger partial charge in [0, 0.05) is 58.1 Å². The van der Waals surface area contributed by atoms with E-state index in [4.69, 9.17) is 9.84 Å². The number of aliphatic hydroxyl groups excluding tert-OH is 1. The van der Waals surface area contributed by atoms with Crippen molar-refractivity contribution >= 4 is 34.5 Å². The third kappa shape index (κ3) is 5.95. The lowest BCUT2D eigenvalue weighted by molar-refractivity contribution is -0.134. The number of benzene rings is 1. The van der Waals surface area contributed by atoms with Crippen molar-refractivity contribution in [2.45, 2.75) is 64.0 Å². The van der Waals surface area contributed by atoms with Gasteiger partial charge in [-0.2, -0.15) is 5.10 Å². The predicted molar refractivity (Wildman–Crippen MR) is 151 cm³/mol. The lowest BCUT2D eigenvalue weighted by Crippen LogP contribution is -2.58. The molecule has 5 rings (SSSR count). The number of carbonyl (C=O) groups is 3. The Morgan fingerprint density at radius 1 is 1.12 bits per heavy atom. The molecule has 3 aliphatic rings. The Labute approximate surface area is 235 Å². The molecule has 1 unspecified atom stereocenters. The number of amides is 3. The van der Waals surface area contributed by atoms with Gasteiger partial charge in [0.25, 0.3) is 0 Å². The van der Waals surface area contributed by atoms with Crippen LogP contribution in [0, 0.1) is 5.92 Å². The fourth-order valence-corrected chi connectivity index (χ4v) is 6.33. The van der Waals surface area contributed by atoms with Gasteiger partial charge in [-0.15, -0.1) is 0 Å². The summed E-state index contributed by atoms with van der Waals surface area (Å²) in [6.07, 6.45) is 2.55. The first-order chi connectivity index (χ1) is 19.0. The highest BCUT2D eigenvalue weighted by atomic mass is 16.6. The number of para-hydroxylation sites is 1. The molecule has 3 aliphatic heterocycles. The van der Waals surface area contributed by atoms with E-state index in [9.17, 15) is 19.5 Å². The molecule has 3 amide bonds. The van der Waals surface area contributed by atoms with Crippen molar-refractivity contribution in [1.29, 1.82) is 0 Å². The second kappa shape index (κ2) is 11.4. The molecule has 3 fully saturated rings. The number of carbonyl (C=O) groups excluding carboxylic acids is 3. The minimum Gasteiger partial charge on any atom is -0.444 e. The minimum absolute atomic E-state index is 0.0797. The quantitative estimate of drug-likeness (QED) is 0.540. The highest BCUT2D eigenvalue weighted by Gasteiger charge is 2.35. The van der Waals surface area contributed by atoms with E-state index in [2.05, 4.69) is 21.2 Å². The Morgan fingerprint density at radius 3 is 2.55 bits per heavy atom. The van der Waals surface area contributed by atoms with Crippen LogP contribution < -0.4 is 10.2 Å². The van der Waals surface area contributed by atoms with Gasteiger partial charge in [0.2, 0.25) is 11.8 Å². The maximum absolute atomic E-state index is 12.6. The van der Waals surface area contributed by atoms with Crippen molar-refractivity contribution in [2.75, 3.05) is 50.8 Å². The molecule has 2 N–H and O–H groups in total. The molecule has 40 heavy (non-hydrogen) atoms. The first kappa shape index (κ1) is 28.4. The molecule has 2 atom stereocenters. The second-order valence-corrected chi connectivity index (χ2v) is 12.4. The van der Waals surface area contributed by atoms with Crippen LogP contribution in [0.1, 0.15) is 58.1 Å². The molecule has 0 aliphatic carbocycles. The van der Waals surface area contributed by atoms with Crippen LogP contribution in [0.4, 0.5) is 10.5 Å². The maximum atomic E-state index is 12.6. The van der Waals surface area contributed by atoms with Crippen LogP contribution in [0.5, 0.6) is 0 Å². The van der Waals surface area contributed by atoms with Gasteiger partial charge in [-0.3, -0.25) is 24.5 Å². The summed E-state index contributed by atoms with van der Waals surface area (Å²) in [4.78, 5) is 43.3. The number of imide groups is 1. The number of aryl methyl sites for hydroxylation is 1. The van der Waals surface area contributed by atoms with E-state index < -0.39 is 11.5 Å². The molecule has 218 valence electrons. The fourth-order valence-electron chi connectivity index (χ4n) is 6.33. The topological polar surface area (TPSA) is 120 Å². The van der Waals surface area contributed by atoms with Gasteiger partial charge in [0.05, 0.1) is 35.5 Å². The van der Waals surface area contributed by atoms with Gasteiger partial charge in [0.1, 0.15) is 5.60 Å². The fraction of sp³-hybridized carbons (Fsp3) is 0.655. The minimum atomic E-state index is -0.561. The van der Waals surface area contributed by atoms with Gasteiger partial charge >= 0.3 is 6.09 Å². The number of nitrogens with zero attached hydrogens (tertiary/aromatic N) is 5. The number of aliphatic hydroxyl groups is 1. The Bertz CT molecular complexity index is 1260. The van der Waals surface area contributed by atoms with E-state index >= 15 is 0 Å². The molecule has 1 aromatic heterocycles. The van der Waals surface area contributed by atoms with E-state index in [1.807, 2.05) is 44.6 Å². The number of nitrogens with one attached hydrogen (secondary N) is 1. The average Bonchev–Trinajstić information content (AvgIpc) is 3.24. The van der Waals surface area contributed by atoms with E-state index in [1.165, 1.54) is 0 Å². The summed E-state index contributed by atoms with van der Waals surface area (Å²) in [7, 11) is 1.92. The van der Waals surface area contributed by atoms with Crippen LogP contribution in [0.3, 0.4) is 0 Å². The SMILES string of the molecule is Cn1nc(C2CCC(=O)NC2=O)c2cccc(N3CCC(CN4CCN(C(=O)OC(C)(C)C)[C@H](CO)C4)CC3)c21. The van der Waals surface area contributed by atoms with Crippen LogP contribution in [-0.4, -0.2) is 100 Å². The molecular weight excluding hydrogens is 512 g/mol. The first-order valence-corrected chi connectivity index (χ1v) is 14.4.